The van der Waals surface area contributed by atoms with Gasteiger partial charge in [0.2, 0.25) is 0 Å². The molecule has 0 spiro atoms. The molecule has 0 aliphatic rings. The summed E-state index contributed by atoms with van der Waals surface area (Å²) in [6, 6.07) is 8.15. The maximum absolute atomic E-state index is 13.2. The molecule has 1 heterocycles. The topological polar surface area (TPSA) is 75.9 Å². The van der Waals surface area contributed by atoms with E-state index < -0.39 is 0 Å². The summed E-state index contributed by atoms with van der Waals surface area (Å²) in [5.41, 5.74) is 3.18. The van der Waals surface area contributed by atoms with Crippen LogP contribution in [0.2, 0.25) is 0 Å². The van der Waals surface area contributed by atoms with E-state index >= 15 is 0 Å². The van der Waals surface area contributed by atoms with E-state index in [1.165, 1.54) is 12.1 Å². The molecule has 0 aliphatic heterocycles. The standard InChI is InChI=1S/C15H20FN5/c1-15(2,3)14-19-12(8-13(20-14)21-17)18-9-10-5-4-6-11(16)7-10/h4-8H,9,17H2,1-3H3,(H2,18,19,20,21). The average Bonchev–Trinajstić information content (AvgIpc) is 2.44. The van der Waals surface area contributed by atoms with Crippen LogP contribution in [0.25, 0.3) is 0 Å². The van der Waals surface area contributed by atoms with Gasteiger partial charge >= 0.3 is 0 Å². The molecule has 0 bridgehead atoms. The van der Waals surface area contributed by atoms with Crippen molar-refractivity contribution in [3.63, 3.8) is 0 Å². The van der Waals surface area contributed by atoms with Crippen LogP contribution in [-0.4, -0.2) is 9.97 Å². The summed E-state index contributed by atoms with van der Waals surface area (Å²) in [5, 5.41) is 3.16. The lowest BCUT2D eigenvalue weighted by Crippen LogP contribution is -2.20. The first-order chi connectivity index (χ1) is 9.88. The van der Waals surface area contributed by atoms with Gasteiger partial charge in [-0.2, -0.15) is 0 Å². The summed E-state index contributed by atoms with van der Waals surface area (Å²) in [4.78, 5) is 8.82. The molecule has 0 radical (unpaired) electrons. The molecule has 1 aromatic heterocycles. The second-order valence-electron chi connectivity index (χ2n) is 5.84. The number of nitrogens with two attached hydrogens (primary N) is 1. The molecule has 0 atom stereocenters. The first kappa shape index (κ1) is 15.2. The zero-order valence-corrected chi connectivity index (χ0v) is 12.4. The van der Waals surface area contributed by atoms with Crippen LogP contribution in [-0.2, 0) is 12.0 Å². The van der Waals surface area contributed by atoms with Gasteiger partial charge in [0.25, 0.3) is 0 Å². The smallest absolute Gasteiger partial charge is 0.145 e. The van der Waals surface area contributed by atoms with Crippen molar-refractivity contribution >= 4 is 11.6 Å². The van der Waals surface area contributed by atoms with Crippen LogP contribution in [0.3, 0.4) is 0 Å². The lowest BCUT2D eigenvalue weighted by atomic mass is 9.96. The molecule has 112 valence electrons. The monoisotopic (exact) mass is 289 g/mol. The van der Waals surface area contributed by atoms with Crippen molar-refractivity contribution in [3.8, 4) is 0 Å². The fraction of sp³-hybridized carbons (Fsp3) is 0.333. The number of nitrogen functional groups attached to an aromatic ring is 1. The zero-order valence-electron chi connectivity index (χ0n) is 12.4. The number of anilines is 2. The highest BCUT2D eigenvalue weighted by atomic mass is 19.1. The van der Waals surface area contributed by atoms with E-state index in [1.54, 1.807) is 12.1 Å². The second kappa shape index (κ2) is 6.05. The third-order valence-corrected chi connectivity index (χ3v) is 2.91. The number of hydrazine groups is 1. The van der Waals surface area contributed by atoms with Crippen LogP contribution in [0.1, 0.15) is 32.2 Å². The maximum atomic E-state index is 13.2. The van der Waals surface area contributed by atoms with Crippen LogP contribution in [0.15, 0.2) is 30.3 Å². The van der Waals surface area contributed by atoms with Gasteiger partial charge < -0.3 is 10.7 Å². The van der Waals surface area contributed by atoms with Crippen molar-refractivity contribution in [2.24, 2.45) is 5.84 Å². The summed E-state index contributed by atoms with van der Waals surface area (Å²) in [6.45, 7) is 6.55. The molecular formula is C15H20FN5. The largest absolute Gasteiger partial charge is 0.366 e. The van der Waals surface area contributed by atoms with Crippen LogP contribution in [0.4, 0.5) is 16.0 Å². The Labute approximate surface area is 123 Å². The fourth-order valence-corrected chi connectivity index (χ4v) is 1.79. The summed E-state index contributed by atoms with van der Waals surface area (Å²) in [6.07, 6.45) is 0. The highest BCUT2D eigenvalue weighted by Gasteiger charge is 2.19. The molecule has 6 heteroatoms. The molecule has 0 unspecified atom stereocenters. The number of rotatable bonds is 4. The summed E-state index contributed by atoms with van der Waals surface area (Å²) >= 11 is 0. The van der Waals surface area contributed by atoms with Gasteiger partial charge in [-0.1, -0.05) is 32.9 Å². The lowest BCUT2D eigenvalue weighted by Gasteiger charge is -2.18. The van der Waals surface area contributed by atoms with Gasteiger partial charge in [-0.05, 0) is 17.7 Å². The van der Waals surface area contributed by atoms with Crippen molar-refractivity contribution in [3.05, 3.63) is 47.5 Å². The second-order valence-corrected chi connectivity index (χ2v) is 5.84. The minimum absolute atomic E-state index is 0.192. The van der Waals surface area contributed by atoms with Gasteiger partial charge in [-0.15, -0.1) is 0 Å². The Bertz CT molecular complexity index is 622. The first-order valence-corrected chi connectivity index (χ1v) is 6.73. The molecule has 2 rings (SSSR count). The molecule has 21 heavy (non-hydrogen) atoms. The number of hydrogen-bond acceptors (Lipinski definition) is 5. The molecule has 1 aromatic carbocycles. The van der Waals surface area contributed by atoms with Gasteiger partial charge in [0.1, 0.15) is 23.3 Å². The molecule has 0 saturated heterocycles. The van der Waals surface area contributed by atoms with Crippen LogP contribution >= 0.6 is 0 Å². The number of nitrogens with one attached hydrogen (secondary N) is 2. The number of benzene rings is 1. The van der Waals surface area contributed by atoms with Crippen LogP contribution in [0.5, 0.6) is 0 Å². The third kappa shape index (κ3) is 4.13. The normalized spacial score (nSPS) is 11.3. The Morgan fingerprint density at radius 3 is 2.48 bits per heavy atom. The Kier molecular flexibility index (Phi) is 4.37. The van der Waals surface area contributed by atoms with E-state index in [0.717, 1.165) is 5.56 Å². The number of hydrogen-bond donors (Lipinski definition) is 3. The van der Waals surface area contributed by atoms with E-state index in [0.29, 0.717) is 24.0 Å². The molecule has 5 nitrogen and oxygen atoms in total. The van der Waals surface area contributed by atoms with Crippen molar-refractivity contribution in [1.82, 2.24) is 9.97 Å². The summed E-state index contributed by atoms with van der Waals surface area (Å²) in [5.74, 6) is 7.05. The van der Waals surface area contributed by atoms with Crippen LogP contribution in [0, 0.1) is 5.82 Å². The maximum Gasteiger partial charge on any atom is 0.145 e. The average molecular weight is 289 g/mol. The van der Waals surface area contributed by atoms with E-state index in [1.807, 2.05) is 26.8 Å². The van der Waals surface area contributed by atoms with Crippen molar-refractivity contribution in [2.75, 3.05) is 10.7 Å². The van der Waals surface area contributed by atoms with Crippen molar-refractivity contribution in [2.45, 2.75) is 32.7 Å². The number of nitrogens with zero attached hydrogens (tertiary/aromatic N) is 2. The number of aromatic nitrogens is 2. The summed E-state index contributed by atoms with van der Waals surface area (Å²) in [7, 11) is 0. The van der Waals surface area contributed by atoms with E-state index in [4.69, 9.17) is 5.84 Å². The lowest BCUT2D eigenvalue weighted by molar-refractivity contribution is 0.546. The molecule has 0 amide bonds. The highest BCUT2D eigenvalue weighted by Crippen LogP contribution is 2.22. The Morgan fingerprint density at radius 2 is 1.86 bits per heavy atom. The Balaban J connectivity index is 2.19. The van der Waals surface area contributed by atoms with Gasteiger partial charge in [0, 0.05) is 18.0 Å². The first-order valence-electron chi connectivity index (χ1n) is 6.73. The number of halogens is 1. The minimum Gasteiger partial charge on any atom is -0.366 e. The van der Waals surface area contributed by atoms with E-state index in [2.05, 4.69) is 20.7 Å². The van der Waals surface area contributed by atoms with Crippen LogP contribution < -0.4 is 16.6 Å². The highest BCUT2D eigenvalue weighted by molar-refractivity contribution is 5.47. The predicted octanol–water partition coefficient (Wildman–Crippen LogP) is 2.81. The minimum atomic E-state index is -0.253. The van der Waals surface area contributed by atoms with Gasteiger partial charge in [-0.3, -0.25) is 0 Å². The molecule has 0 fully saturated rings. The van der Waals surface area contributed by atoms with Gasteiger partial charge in [0.15, 0.2) is 0 Å². The summed E-state index contributed by atoms with van der Waals surface area (Å²) < 4.78 is 13.2. The SMILES string of the molecule is CC(C)(C)c1nc(NN)cc(NCc2cccc(F)c2)n1. The van der Waals surface area contributed by atoms with Gasteiger partial charge in [-0.25, -0.2) is 20.2 Å². The van der Waals surface area contributed by atoms with E-state index in [-0.39, 0.29) is 11.2 Å². The van der Waals surface area contributed by atoms with Gasteiger partial charge in [0.05, 0.1) is 0 Å². The molecule has 0 saturated carbocycles. The van der Waals surface area contributed by atoms with Crippen molar-refractivity contribution in [1.29, 1.82) is 0 Å². The quantitative estimate of drug-likeness (QED) is 0.596. The molecule has 2 aromatic rings. The molecular weight excluding hydrogens is 269 g/mol. The molecule has 4 N–H and O–H groups in total. The fourth-order valence-electron chi connectivity index (χ4n) is 1.79. The predicted molar refractivity (Wildman–Crippen MR) is 82.3 cm³/mol. The Morgan fingerprint density at radius 1 is 1.14 bits per heavy atom. The molecule has 0 aliphatic carbocycles. The Hall–Kier alpha value is -2.21. The third-order valence-electron chi connectivity index (χ3n) is 2.91. The van der Waals surface area contributed by atoms with Crippen molar-refractivity contribution < 1.29 is 4.39 Å². The zero-order chi connectivity index (χ0) is 15.5. The van der Waals surface area contributed by atoms with E-state index in [9.17, 15) is 4.39 Å².